The monoisotopic (exact) mass is 294 g/mol. The van der Waals surface area contributed by atoms with Gasteiger partial charge in [0.15, 0.2) is 18.2 Å². The molecule has 1 aromatic carbocycles. The Morgan fingerprint density at radius 1 is 1.24 bits per heavy atom. The van der Waals surface area contributed by atoms with Gasteiger partial charge in [0, 0.05) is 6.54 Å². The molecule has 21 heavy (non-hydrogen) atoms. The molecule has 1 fully saturated rings. The van der Waals surface area contributed by atoms with Crippen LogP contribution in [0.3, 0.4) is 0 Å². The number of piperidine rings is 1. The number of para-hydroxylation sites is 1. The SMILES string of the molecule is O=C(COc1ccccc1F)NCCCN1CCCCC1. The van der Waals surface area contributed by atoms with Gasteiger partial charge in [-0.25, -0.2) is 4.39 Å². The molecule has 1 amide bonds. The predicted octanol–water partition coefficient (Wildman–Crippen LogP) is 2.20. The standard InChI is InChI=1S/C16H23FN2O2/c17-14-7-2-3-8-15(14)21-13-16(20)18-9-6-12-19-10-4-1-5-11-19/h2-3,7-8H,1,4-6,9-13H2,(H,18,20). The number of hydrogen-bond donors (Lipinski definition) is 1. The second-order valence-corrected chi connectivity index (χ2v) is 5.32. The molecule has 0 aliphatic carbocycles. The molecular formula is C16H23FN2O2. The van der Waals surface area contributed by atoms with Gasteiger partial charge in [-0.3, -0.25) is 4.79 Å². The summed E-state index contributed by atoms with van der Waals surface area (Å²) in [6.45, 7) is 3.85. The summed E-state index contributed by atoms with van der Waals surface area (Å²) in [5, 5.41) is 2.80. The summed E-state index contributed by atoms with van der Waals surface area (Å²) in [5.41, 5.74) is 0. The molecule has 0 atom stereocenters. The van der Waals surface area contributed by atoms with Crippen molar-refractivity contribution in [3.05, 3.63) is 30.1 Å². The highest BCUT2D eigenvalue weighted by atomic mass is 19.1. The van der Waals surface area contributed by atoms with Crippen LogP contribution in [0.4, 0.5) is 4.39 Å². The molecule has 1 aliphatic rings. The first kappa shape index (κ1) is 15.8. The molecule has 2 rings (SSSR count). The summed E-state index contributed by atoms with van der Waals surface area (Å²) in [4.78, 5) is 14.0. The molecule has 0 radical (unpaired) electrons. The van der Waals surface area contributed by atoms with Gasteiger partial charge < -0.3 is 15.0 Å². The summed E-state index contributed by atoms with van der Waals surface area (Å²) in [6.07, 6.45) is 4.83. The summed E-state index contributed by atoms with van der Waals surface area (Å²) < 4.78 is 18.4. The van der Waals surface area contributed by atoms with Crippen molar-refractivity contribution in [2.45, 2.75) is 25.7 Å². The molecule has 0 spiro atoms. The van der Waals surface area contributed by atoms with Crippen molar-refractivity contribution in [1.29, 1.82) is 0 Å². The second-order valence-electron chi connectivity index (χ2n) is 5.32. The second kappa shape index (κ2) is 8.62. The van der Waals surface area contributed by atoms with Crippen LogP contribution in [-0.4, -0.2) is 43.6 Å². The Morgan fingerprint density at radius 2 is 2.00 bits per heavy atom. The molecule has 1 aliphatic heterocycles. The predicted molar refractivity (Wildman–Crippen MR) is 79.8 cm³/mol. The lowest BCUT2D eigenvalue weighted by Crippen LogP contribution is -2.34. The normalized spacial score (nSPS) is 15.7. The molecule has 1 aromatic rings. The van der Waals surface area contributed by atoms with Crippen LogP contribution in [-0.2, 0) is 4.79 Å². The van der Waals surface area contributed by atoms with E-state index in [0.29, 0.717) is 6.54 Å². The zero-order valence-corrected chi connectivity index (χ0v) is 12.3. The van der Waals surface area contributed by atoms with Gasteiger partial charge in [0.25, 0.3) is 5.91 Å². The zero-order chi connectivity index (χ0) is 14.9. The first-order chi connectivity index (χ1) is 10.3. The third-order valence-electron chi connectivity index (χ3n) is 3.62. The van der Waals surface area contributed by atoms with Gasteiger partial charge in [-0.15, -0.1) is 0 Å². The Balaban J connectivity index is 1.56. The van der Waals surface area contributed by atoms with Gasteiger partial charge in [-0.1, -0.05) is 18.6 Å². The van der Waals surface area contributed by atoms with Gasteiger partial charge in [-0.2, -0.15) is 0 Å². The third-order valence-corrected chi connectivity index (χ3v) is 3.62. The minimum absolute atomic E-state index is 0.112. The largest absolute Gasteiger partial charge is 0.481 e. The number of benzene rings is 1. The summed E-state index contributed by atoms with van der Waals surface area (Å²) in [5.74, 6) is -0.548. The van der Waals surface area contributed by atoms with Crippen molar-refractivity contribution in [3.63, 3.8) is 0 Å². The van der Waals surface area contributed by atoms with Crippen LogP contribution in [0.1, 0.15) is 25.7 Å². The zero-order valence-electron chi connectivity index (χ0n) is 12.3. The molecule has 0 unspecified atom stereocenters. The number of rotatable bonds is 7. The van der Waals surface area contributed by atoms with Crippen LogP contribution in [0.2, 0.25) is 0 Å². The van der Waals surface area contributed by atoms with E-state index in [1.807, 2.05) is 0 Å². The summed E-state index contributed by atoms with van der Waals surface area (Å²) in [7, 11) is 0. The van der Waals surface area contributed by atoms with Crippen LogP contribution in [0.15, 0.2) is 24.3 Å². The van der Waals surface area contributed by atoms with Crippen molar-refractivity contribution >= 4 is 5.91 Å². The highest BCUT2D eigenvalue weighted by Crippen LogP contribution is 2.14. The number of hydrogen-bond acceptors (Lipinski definition) is 3. The van der Waals surface area contributed by atoms with E-state index in [2.05, 4.69) is 10.2 Å². The van der Waals surface area contributed by atoms with E-state index in [9.17, 15) is 9.18 Å². The lowest BCUT2D eigenvalue weighted by atomic mass is 10.1. The van der Waals surface area contributed by atoms with E-state index in [1.165, 1.54) is 44.5 Å². The summed E-state index contributed by atoms with van der Waals surface area (Å²) >= 11 is 0. The van der Waals surface area contributed by atoms with Crippen molar-refractivity contribution < 1.29 is 13.9 Å². The molecule has 1 heterocycles. The number of nitrogens with one attached hydrogen (secondary N) is 1. The van der Waals surface area contributed by atoms with Crippen molar-refractivity contribution in [1.82, 2.24) is 10.2 Å². The maximum atomic E-state index is 13.3. The van der Waals surface area contributed by atoms with E-state index in [-0.39, 0.29) is 18.3 Å². The number of amides is 1. The van der Waals surface area contributed by atoms with E-state index >= 15 is 0 Å². The number of ether oxygens (including phenoxy) is 1. The van der Waals surface area contributed by atoms with Gasteiger partial charge in [-0.05, 0) is 51.0 Å². The number of carbonyl (C=O) groups excluding carboxylic acids is 1. The Hall–Kier alpha value is -1.62. The van der Waals surface area contributed by atoms with Crippen molar-refractivity contribution in [2.75, 3.05) is 32.8 Å². The maximum absolute atomic E-state index is 13.3. The van der Waals surface area contributed by atoms with Gasteiger partial charge in [0.2, 0.25) is 0 Å². The molecule has 0 bridgehead atoms. The quantitative estimate of drug-likeness (QED) is 0.784. The molecule has 5 heteroatoms. The molecule has 0 aromatic heterocycles. The fourth-order valence-corrected chi connectivity index (χ4v) is 2.47. The molecule has 1 saturated heterocycles. The highest BCUT2D eigenvalue weighted by Gasteiger charge is 2.09. The van der Waals surface area contributed by atoms with E-state index in [4.69, 9.17) is 4.74 Å². The number of halogens is 1. The minimum atomic E-state index is -0.449. The fourth-order valence-electron chi connectivity index (χ4n) is 2.47. The van der Waals surface area contributed by atoms with Crippen LogP contribution >= 0.6 is 0 Å². The Labute approximate surface area is 125 Å². The Morgan fingerprint density at radius 3 is 2.76 bits per heavy atom. The molecule has 116 valence electrons. The smallest absolute Gasteiger partial charge is 0.257 e. The van der Waals surface area contributed by atoms with Crippen molar-refractivity contribution in [3.8, 4) is 5.75 Å². The number of carbonyl (C=O) groups is 1. The van der Waals surface area contributed by atoms with Crippen molar-refractivity contribution in [2.24, 2.45) is 0 Å². The first-order valence-corrected chi connectivity index (χ1v) is 7.62. The topological polar surface area (TPSA) is 41.6 Å². The highest BCUT2D eigenvalue weighted by molar-refractivity contribution is 5.77. The Kier molecular flexibility index (Phi) is 6.47. The fraction of sp³-hybridized carbons (Fsp3) is 0.562. The molecule has 4 nitrogen and oxygen atoms in total. The minimum Gasteiger partial charge on any atom is -0.481 e. The Bertz CT molecular complexity index is 448. The van der Waals surface area contributed by atoms with Gasteiger partial charge in [0.1, 0.15) is 0 Å². The van der Waals surface area contributed by atoms with Gasteiger partial charge in [0.05, 0.1) is 0 Å². The number of likely N-dealkylation sites (tertiary alicyclic amines) is 1. The van der Waals surface area contributed by atoms with E-state index in [1.54, 1.807) is 12.1 Å². The van der Waals surface area contributed by atoms with Crippen LogP contribution < -0.4 is 10.1 Å². The van der Waals surface area contributed by atoms with E-state index < -0.39 is 5.82 Å². The molecule has 1 N–H and O–H groups in total. The molecular weight excluding hydrogens is 271 g/mol. The number of nitrogens with zero attached hydrogens (tertiary/aromatic N) is 1. The summed E-state index contributed by atoms with van der Waals surface area (Å²) in [6, 6.07) is 6.09. The maximum Gasteiger partial charge on any atom is 0.257 e. The lowest BCUT2D eigenvalue weighted by molar-refractivity contribution is -0.123. The van der Waals surface area contributed by atoms with Crippen LogP contribution in [0.5, 0.6) is 5.75 Å². The van der Waals surface area contributed by atoms with E-state index in [0.717, 1.165) is 13.0 Å². The van der Waals surface area contributed by atoms with Gasteiger partial charge >= 0.3 is 0 Å². The third kappa shape index (κ3) is 5.71. The first-order valence-electron chi connectivity index (χ1n) is 7.62. The average Bonchev–Trinajstić information content (AvgIpc) is 2.52. The van der Waals surface area contributed by atoms with Crippen LogP contribution in [0.25, 0.3) is 0 Å². The van der Waals surface area contributed by atoms with Crippen LogP contribution in [0, 0.1) is 5.82 Å². The lowest BCUT2D eigenvalue weighted by Gasteiger charge is -2.26. The molecule has 0 saturated carbocycles. The average molecular weight is 294 g/mol.